The first-order valence-corrected chi connectivity index (χ1v) is 9.92. The van der Waals surface area contributed by atoms with Gasteiger partial charge in [0, 0.05) is 18.4 Å². The van der Waals surface area contributed by atoms with E-state index in [9.17, 15) is 17.3 Å². The van der Waals surface area contributed by atoms with Crippen LogP contribution in [0.25, 0.3) is 22.3 Å². The van der Waals surface area contributed by atoms with Crippen molar-refractivity contribution in [1.29, 1.82) is 0 Å². The van der Waals surface area contributed by atoms with Crippen molar-refractivity contribution < 1.29 is 26.7 Å². The summed E-state index contributed by atoms with van der Waals surface area (Å²) in [5.41, 5.74) is 3.42. The van der Waals surface area contributed by atoms with Crippen LogP contribution in [-0.4, -0.2) is 13.3 Å². The van der Waals surface area contributed by atoms with Crippen molar-refractivity contribution in [3.05, 3.63) is 65.5 Å². The molecule has 2 nitrogen and oxygen atoms in total. The standard InChI is InChI=1S/C22H23NO.BF4/c1-2-16-12-13-21-19(14-16)20(23-18-10-6-7-11-18)15-22(24-21)17-8-4-3-5-9-17;2-1(3,4)5/h3-5,8-9,12-15,18H,2,6-7,10-11H2,1H3;/q;-1/p+1. The second kappa shape index (κ2) is 9.29. The van der Waals surface area contributed by atoms with Gasteiger partial charge in [0.2, 0.25) is 5.36 Å². The van der Waals surface area contributed by atoms with Crippen LogP contribution in [0.3, 0.4) is 0 Å². The van der Waals surface area contributed by atoms with E-state index in [1.54, 1.807) is 0 Å². The van der Waals surface area contributed by atoms with E-state index in [0.717, 1.165) is 23.3 Å². The van der Waals surface area contributed by atoms with Gasteiger partial charge in [-0.2, -0.15) is 0 Å². The molecule has 1 heterocycles. The van der Waals surface area contributed by atoms with E-state index in [1.165, 1.54) is 42.0 Å². The first-order chi connectivity index (χ1) is 13.8. The topological polar surface area (TPSA) is 27.1 Å². The van der Waals surface area contributed by atoms with Gasteiger partial charge in [-0.05, 0) is 37.0 Å². The Hall–Kier alpha value is -2.57. The largest absolute Gasteiger partial charge is 0.673 e. The van der Waals surface area contributed by atoms with Gasteiger partial charge < -0.3 is 21.7 Å². The molecule has 0 aliphatic heterocycles. The maximum Gasteiger partial charge on any atom is 0.673 e. The van der Waals surface area contributed by atoms with Gasteiger partial charge in [0.05, 0.1) is 11.5 Å². The molecule has 0 spiro atoms. The van der Waals surface area contributed by atoms with Gasteiger partial charge in [-0.1, -0.05) is 43.3 Å². The Morgan fingerprint density at radius 2 is 1.62 bits per heavy atom. The van der Waals surface area contributed by atoms with Gasteiger partial charge in [0.1, 0.15) is 11.3 Å². The maximum atomic E-state index is 9.75. The molecule has 0 bridgehead atoms. The number of fused-ring (bicyclic) bond motifs is 1. The Labute approximate surface area is 167 Å². The van der Waals surface area contributed by atoms with Crippen molar-refractivity contribution in [2.24, 2.45) is 0 Å². The average Bonchev–Trinajstić information content (AvgIpc) is 3.20. The first-order valence-electron chi connectivity index (χ1n) is 9.92. The lowest BCUT2D eigenvalue weighted by molar-refractivity contribution is -0.540. The van der Waals surface area contributed by atoms with Gasteiger partial charge in [0.15, 0.2) is 6.04 Å². The minimum absolute atomic E-state index is 0.588. The Morgan fingerprint density at radius 3 is 2.24 bits per heavy atom. The molecule has 4 rings (SSSR count). The summed E-state index contributed by atoms with van der Waals surface area (Å²) in [7, 11) is -6.00. The lowest BCUT2D eigenvalue weighted by Crippen LogP contribution is -2.82. The number of hydrogen-bond donors (Lipinski definition) is 1. The van der Waals surface area contributed by atoms with Gasteiger partial charge >= 0.3 is 7.25 Å². The zero-order chi connectivity index (χ0) is 20.9. The van der Waals surface area contributed by atoms with E-state index in [2.05, 4.69) is 60.4 Å². The third-order valence-electron chi connectivity index (χ3n) is 5.01. The van der Waals surface area contributed by atoms with Crippen LogP contribution in [0.4, 0.5) is 17.3 Å². The minimum atomic E-state index is -6.00. The molecule has 29 heavy (non-hydrogen) atoms. The van der Waals surface area contributed by atoms with Crippen LogP contribution in [0.5, 0.6) is 0 Å². The lowest BCUT2D eigenvalue weighted by Gasteiger charge is -2.05. The summed E-state index contributed by atoms with van der Waals surface area (Å²) in [5, 5.41) is 2.40. The monoisotopic (exact) mass is 405 g/mol. The van der Waals surface area contributed by atoms with Crippen LogP contribution in [0.1, 0.15) is 38.2 Å². The normalized spacial score (nSPS) is 15.4. The summed E-state index contributed by atoms with van der Waals surface area (Å²) >= 11 is 0. The highest BCUT2D eigenvalue weighted by molar-refractivity contribution is 6.50. The lowest BCUT2D eigenvalue weighted by atomic mass is 10.1. The van der Waals surface area contributed by atoms with E-state index >= 15 is 0 Å². The second-order valence-corrected chi connectivity index (χ2v) is 7.20. The average molecular weight is 405 g/mol. The summed E-state index contributed by atoms with van der Waals surface area (Å²) in [6.45, 7) is 2.20. The molecule has 0 saturated heterocycles. The highest BCUT2D eigenvalue weighted by atomic mass is 19.5. The highest BCUT2D eigenvalue weighted by Gasteiger charge is 2.21. The second-order valence-electron chi connectivity index (χ2n) is 7.20. The van der Waals surface area contributed by atoms with Crippen LogP contribution in [-0.2, 0) is 6.42 Å². The Morgan fingerprint density at radius 1 is 0.966 bits per heavy atom. The number of rotatable bonds is 3. The van der Waals surface area contributed by atoms with Gasteiger partial charge in [-0.3, -0.25) is 0 Å². The Bertz CT molecular complexity index is 1000. The van der Waals surface area contributed by atoms with Crippen molar-refractivity contribution in [2.75, 3.05) is 0 Å². The molecule has 0 amide bonds. The van der Waals surface area contributed by atoms with E-state index in [1.807, 2.05) is 6.07 Å². The van der Waals surface area contributed by atoms with Crippen LogP contribution in [0.15, 0.2) is 59.0 Å². The number of hydrogen-bond acceptors (Lipinski definition) is 1. The van der Waals surface area contributed by atoms with Crippen molar-refractivity contribution in [3.63, 3.8) is 0 Å². The Kier molecular flexibility index (Phi) is 6.77. The molecule has 2 aromatic carbocycles. The molecule has 0 unspecified atom stereocenters. The fourth-order valence-electron chi connectivity index (χ4n) is 3.61. The van der Waals surface area contributed by atoms with E-state index in [4.69, 9.17) is 4.42 Å². The highest BCUT2D eigenvalue weighted by Crippen LogP contribution is 2.22. The van der Waals surface area contributed by atoms with Gasteiger partial charge in [0.25, 0.3) is 0 Å². The first kappa shape index (κ1) is 21.2. The molecule has 7 heteroatoms. The third kappa shape index (κ3) is 6.21. The molecule has 0 radical (unpaired) electrons. The summed E-state index contributed by atoms with van der Waals surface area (Å²) < 4.78 is 45.2. The molecule has 1 aromatic heterocycles. The molecule has 0 atom stereocenters. The number of halogens is 4. The van der Waals surface area contributed by atoms with Gasteiger partial charge in [-0.15, -0.1) is 0 Å². The third-order valence-corrected chi connectivity index (χ3v) is 5.01. The predicted octanol–water partition coefficient (Wildman–Crippen LogP) is 4.89. The molecule has 1 aliphatic carbocycles. The van der Waals surface area contributed by atoms with E-state index < -0.39 is 7.25 Å². The summed E-state index contributed by atoms with van der Waals surface area (Å²) in [5.74, 6) is 0.924. The van der Waals surface area contributed by atoms with Crippen LogP contribution >= 0.6 is 0 Å². The molecule has 1 aliphatic rings. The van der Waals surface area contributed by atoms with Crippen molar-refractivity contribution in [3.8, 4) is 11.3 Å². The molecule has 1 N–H and O–H groups in total. The predicted molar refractivity (Wildman–Crippen MR) is 108 cm³/mol. The number of benzene rings is 2. The quantitative estimate of drug-likeness (QED) is 0.488. The summed E-state index contributed by atoms with van der Waals surface area (Å²) in [6.07, 6.45) is 6.24. The summed E-state index contributed by atoms with van der Waals surface area (Å²) in [6, 6.07) is 19.7. The molecule has 3 aromatic rings. The van der Waals surface area contributed by atoms with Crippen molar-refractivity contribution >= 4 is 18.2 Å². The number of aryl methyl sites for hydroxylation is 1. The fraction of sp³-hybridized carbons (Fsp3) is 0.318. The molecular weight excluding hydrogens is 381 g/mol. The van der Waals surface area contributed by atoms with Crippen LogP contribution < -0.4 is 10.3 Å². The molecular formula is C22H24BF4NO. The smallest absolute Gasteiger partial charge is 0.456 e. The molecule has 1 fully saturated rings. The van der Waals surface area contributed by atoms with Crippen LogP contribution in [0.2, 0.25) is 0 Å². The molecule has 154 valence electrons. The summed E-state index contributed by atoms with van der Waals surface area (Å²) in [4.78, 5) is 3.79. The number of nitrogens with one attached hydrogen (secondary N) is 1. The van der Waals surface area contributed by atoms with Gasteiger partial charge in [-0.25, -0.2) is 4.99 Å². The maximum absolute atomic E-state index is 9.75. The molecule has 1 saturated carbocycles. The van der Waals surface area contributed by atoms with Crippen molar-refractivity contribution in [2.45, 2.75) is 45.1 Å². The fourth-order valence-corrected chi connectivity index (χ4v) is 3.61. The Balaban J connectivity index is 0.000000431. The van der Waals surface area contributed by atoms with E-state index in [0.29, 0.717) is 6.04 Å². The minimum Gasteiger partial charge on any atom is -0.456 e. The van der Waals surface area contributed by atoms with E-state index in [-0.39, 0.29) is 0 Å². The zero-order valence-electron chi connectivity index (χ0n) is 16.3. The zero-order valence-corrected chi connectivity index (χ0v) is 16.3. The van der Waals surface area contributed by atoms with Crippen molar-refractivity contribution in [1.82, 2.24) is 0 Å². The SMILES string of the molecule is CCc1ccc2oc(-c3ccccc3)cc(=[NH+]C3CCCC3)c2c1.F[B-](F)(F)F. The van der Waals surface area contributed by atoms with Crippen LogP contribution in [0, 0.1) is 0 Å².